The third-order valence-corrected chi connectivity index (χ3v) is 7.26. The van der Waals surface area contributed by atoms with Gasteiger partial charge in [-0.15, -0.1) is 0 Å². The van der Waals surface area contributed by atoms with Gasteiger partial charge < -0.3 is 10.6 Å². The van der Waals surface area contributed by atoms with Crippen molar-refractivity contribution in [2.45, 2.75) is 50.1 Å². The molecule has 3 rings (SSSR count). The highest BCUT2D eigenvalue weighted by molar-refractivity contribution is 7.89. The maximum atomic E-state index is 13.0. The number of aromatic nitrogens is 1. The molecule has 2 amide bonds. The monoisotopic (exact) mass is 476 g/mol. The molecule has 1 heterocycles. The minimum absolute atomic E-state index is 0.0206. The average molecular weight is 477 g/mol. The Morgan fingerprint density at radius 3 is 2.42 bits per heavy atom. The minimum atomic E-state index is -3.70. The van der Waals surface area contributed by atoms with Crippen LogP contribution < -0.4 is 15.4 Å². The van der Waals surface area contributed by atoms with Crippen molar-refractivity contribution in [2.24, 2.45) is 11.8 Å². The molecular weight excluding hydrogens is 447 g/mol. The van der Waals surface area contributed by atoms with E-state index in [9.17, 15) is 22.4 Å². The number of nitrogens with zero attached hydrogens (tertiary/aromatic N) is 1. The molecule has 1 aromatic carbocycles. The van der Waals surface area contributed by atoms with Gasteiger partial charge in [0.25, 0.3) is 0 Å². The molecule has 178 valence electrons. The van der Waals surface area contributed by atoms with Crippen molar-refractivity contribution >= 4 is 21.8 Å². The number of hydrogen-bond acceptors (Lipinski definition) is 5. The molecule has 1 saturated carbocycles. The molecule has 1 aliphatic carbocycles. The maximum absolute atomic E-state index is 13.0. The molecule has 0 spiro atoms. The van der Waals surface area contributed by atoms with Crippen LogP contribution in [0.25, 0.3) is 0 Å². The molecule has 2 aromatic rings. The third kappa shape index (κ3) is 7.33. The lowest BCUT2D eigenvalue weighted by atomic mass is 9.81. The van der Waals surface area contributed by atoms with Crippen LogP contribution in [0.2, 0.25) is 0 Å². The SMILES string of the molecule is C[C@@H](NC(=O)C1CCC(CNS(=O)(=O)c2ccc(F)cc2)CC1)C(=O)NCc1ccccn1. The summed E-state index contributed by atoms with van der Waals surface area (Å²) in [5.41, 5.74) is 0.734. The van der Waals surface area contributed by atoms with Gasteiger partial charge in [0.1, 0.15) is 11.9 Å². The molecule has 0 unspecified atom stereocenters. The first-order chi connectivity index (χ1) is 15.7. The van der Waals surface area contributed by atoms with E-state index in [1.807, 2.05) is 12.1 Å². The predicted octanol–water partition coefficient (Wildman–Crippen LogP) is 2.13. The highest BCUT2D eigenvalue weighted by atomic mass is 32.2. The second kappa shape index (κ2) is 11.3. The zero-order chi connectivity index (χ0) is 23.8. The summed E-state index contributed by atoms with van der Waals surface area (Å²) in [5.74, 6) is -1.03. The number of sulfonamides is 1. The van der Waals surface area contributed by atoms with Crippen LogP contribution in [-0.4, -0.2) is 37.8 Å². The Kier molecular flexibility index (Phi) is 8.51. The number of hydrogen-bond donors (Lipinski definition) is 3. The highest BCUT2D eigenvalue weighted by Crippen LogP contribution is 2.29. The van der Waals surface area contributed by atoms with Crippen LogP contribution >= 0.6 is 0 Å². The van der Waals surface area contributed by atoms with Crippen molar-refractivity contribution in [1.29, 1.82) is 0 Å². The van der Waals surface area contributed by atoms with E-state index in [1.165, 1.54) is 12.1 Å². The zero-order valence-corrected chi connectivity index (χ0v) is 19.3. The predicted molar refractivity (Wildman–Crippen MR) is 121 cm³/mol. The van der Waals surface area contributed by atoms with Gasteiger partial charge in [0, 0.05) is 18.7 Å². The van der Waals surface area contributed by atoms with E-state index >= 15 is 0 Å². The molecule has 0 aliphatic heterocycles. The quantitative estimate of drug-likeness (QED) is 0.513. The van der Waals surface area contributed by atoms with E-state index in [0.717, 1.165) is 17.8 Å². The Balaban J connectivity index is 1.39. The van der Waals surface area contributed by atoms with Crippen molar-refractivity contribution in [3.63, 3.8) is 0 Å². The number of halogens is 1. The molecule has 1 aliphatic rings. The largest absolute Gasteiger partial charge is 0.349 e. The number of rotatable bonds is 9. The van der Waals surface area contributed by atoms with Crippen LogP contribution in [0, 0.1) is 17.7 Å². The Bertz CT molecular complexity index is 1040. The van der Waals surface area contributed by atoms with Gasteiger partial charge in [-0.2, -0.15) is 0 Å². The molecule has 3 N–H and O–H groups in total. The van der Waals surface area contributed by atoms with Gasteiger partial charge in [-0.25, -0.2) is 17.5 Å². The summed E-state index contributed by atoms with van der Waals surface area (Å²) in [6.07, 6.45) is 4.29. The summed E-state index contributed by atoms with van der Waals surface area (Å²) < 4.78 is 40.3. The Hall–Kier alpha value is -2.85. The lowest BCUT2D eigenvalue weighted by Crippen LogP contribution is -2.47. The summed E-state index contributed by atoms with van der Waals surface area (Å²) >= 11 is 0. The summed E-state index contributed by atoms with van der Waals surface area (Å²) in [5, 5.41) is 5.53. The van der Waals surface area contributed by atoms with Crippen LogP contribution in [0.1, 0.15) is 38.3 Å². The normalized spacial score (nSPS) is 19.5. The van der Waals surface area contributed by atoms with E-state index in [1.54, 1.807) is 19.2 Å². The minimum Gasteiger partial charge on any atom is -0.349 e. The van der Waals surface area contributed by atoms with E-state index < -0.39 is 21.9 Å². The molecule has 0 saturated heterocycles. The number of benzene rings is 1. The molecular formula is C23H29FN4O4S. The van der Waals surface area contributed by atoms with E-state index in [0.29, 0.717) is 32.2 Å². The second-order valence-corrected chi connectivity index (χ2v) is 10.1. The zero-order valence-electron chi connectivity index (χ0n) is 18.5. The smallest absolute Gasteiger partial charge is 0.242 e. The second-order valence-electron chi connectivity index (χ2n) is 8.29. The average Bonchev–Trinajstić information content (AvgIpc) is 2.82. The molecule has 0 radical (unpaired) electrons. The van der Waals surface area contributed by atoms with Crippen molar-refractivity contribution in [2.75, 3.05) is 6.54 Å². The van der Waals surface area contributed by atoms with Crippen LogP contribution in [-0.2, 0) is 26.2 Å². The van der Waals surface area contributed by atoms with Crippen LogP contribution in [0.5, 0.6) is 0 Å². The summed E-state index contributed by atoms with van der Waals surface area (Å²) in [6, 6.07) is 9.45. The Morgan fingerprint density at radius 2 is 1.79 bits per heavy atom. The highest BCUT2D eigenvalue weighted by Gasteiger charge is 2.29. The van der Waals surface area contributed by atoms with Gasteiger partial charge in [-0.1, -0.05) is 6.07 Å². The van der Waals surface area contributed by atoms with Crippen LogP contribution in [0.15, 0.2) is 53.6 Å². The summed E-state index contributed by atoms with van der Waals surface area (Å²) in [4.78, 5) is 29.0. The molecule has 0 bridgehead atoms. The van der Waals surface area contributed by atoms with Gasteiger partial charge in [0.05, 0.1) is 17.1 Å². The van der Waals surface area contributed by atoms with E-state index in [-0.39, 0.29) is 35.1 Å². The van der Waals surface area contributed by atoms with Crippen LogP contribution in [0.4, 0.5) is 4.39 Å². The molecule has 8 nitrogen and oxygen atoms in total. The lowest BCUT2D eigenvalue weighted by molar-refractivity contribution is -0.131. The van der Waals surface area contributed by atoms with Gasteiger partial charge in [-0.3, -0.25) is 14.6 Å². The Morgan fingerprint density at radius 1 is 1.09 bits per heavy atom. The molecule has 1 aromatic heterocycles. The number of nitrogens with one attached hydrogen (secondary N) is 3. The first-order valence-electron chi connectivity index (χ1n) is 11.0. The van der Waals surface area contributed by atoms with Crippen LogP contribution in [0.3, 0.4) is 0 Å². The fraction of sp³-hybridized carbons (Fsp3) is 0.435. The number of pyridine rings is 1. The van der Waals surface area contributed by atoms with Crippen molar-refractivity contribution in [3.8, 4) is 0 Å². The molecule has 33 heavy (non-hydrogen) atoms. The standard InChI is InChI=1S/C23H29FN4O4S/c1-16(22(29)26-15-20-4-2-3-13-25-20)28-23(30)18-7-5-17(6-8-18)14-27-33(31,32)21-11-9-19(24)10-12-21/h2-4,9-13,16-18,27H,5-8,14-15H2,1H3,(H,26,29)(H,28,30)/t16-,17?,18?/m1/s1. The molecule has 1 atom stereocenters. The molecule has 10 heteroatoms. The van der Waals surface area contributed by atoms with Gasteiger partial charge in [-0.05, 0) is 74.9 Å². The van der Waals surface area contributed by atoms with Gasteiger partial charge >= 0.3 is 0 Å². The van der Waals surface area contributed by atoms with E-state index in [4.69, 9.17) is 0 Å². The fourth-order valence-corrected chi connectivity index (χ4v) is 4.90. The van der Waals surface area contributed by atoms with Crippen molar-refractivity contribution < 1.29 is 22.4 Å². The number of carbonyl (C=O) groups excluding carboxylic acids is 2. The lowest BCUT2D eigenvalue weighted by Gasteiger charge is -2.28. The third-order valence-electron chi connectivity index (χ3n) is 5.83. The fourth-order valence-electron chi connectivity index (χ4n) is 3.78. The maximum Gasteiger partial charge on any atom is 0.242 e. The molecule has 1 fully saturated rings. The summed E-state index contributed by atoms with van der Waals surface area (Å²) in [7, 11) is -3.70. The topological polar surface area (TPSA) is 117 Å². The number of carbonyl (C=O) groups is 2. The van der Waals surface area contributed by atoms with Gasteiger partial charge in [0.2, 0.25) is 21.8 Å². The van der Waals surface area contributed by atoms with Gasteiger partial charge in [0.15, 0.2) is 0 Å². The Labute approximate surface area is 193 Å². The first-order valence-corrected chi connectivity index (χ1v) is 12.5. The van der Waals surface area contributed by atoms with E-state index in [2.05, 4.69) is 20.3 Å². The summed E-state index contributed by atoms with van der Waals surface area (Å²) in [6.45, 7) is 2.20. The van der Waals surface area contributed by atoms with Crippen molar-refractivity contribution in [3.05, 3.63) is 60.2 Å². The van der Waals surface area contributed by atoms with Crippen molar-refractivity contribution in [1.82, 2.24) is 20.3 Å². The number of amides is 2. The first kappa shape index (κ1) is 24.8.